The number of likely N-dealkylation sites (N-methyl/N-ethyl adjacent to an activating group) is 1. The summed E-state index contributed by atoms with van der Waals surface area (Å²) in [5.74, 6) is 0.0562. The fraction of sp³-hybridized carbons (Fsp3) is 0.462. The maximum atomic E-state index is 11.3. The zero-order chi connectivity index (χ0) is 15.1. The molecule has 1 aromatic heterocycles. The molecule has 110 valence electrons. The first-order chi connectivity index (χ1) is 9.43. The zero-order valence-corrected chi connectivity index (χ0v) is 11.8. The van der Waals surface area contributed by atoms with Crippen molar-refractivity contribution < 1.29 is 9.72 Å². The van der Waals surface area contributed by atoms with Crippen molar-refractivity contribution in [3.63, 3.8) is 0 Å². The third-order valence-corrected chi connectivity index (χ3v) is 2.80. The van der Waals surface area contributed by atoms with Crippen LogP contribution in [0.25, 0.3) is 0 Å². The predicted molar refractivity (Wildman–Crippen MR) is 76.4 cm³/mol. The van der Waals surface area contributed by atoms with Gasteiger partial charge in [-0.1, -0.05) is 6.58 Å². The molecule has 0 spiro atoms. The Morgan fingerprint density at radius 2 is 2.30 bits per heavy atom. The van der Waals surface area contributed by atoms with Crippen LogP contribution in [-0.4, -0.2) is 46.9 Å². The minimum absolute atomic E-state index is 0.0474. The van der Waals surface area contributed by atoms with Gasteiger partial charge in [-0.25, -0.2) is 0 Å². The summed E-state index contributed by atoms with van der Waals surface area (Å²) in [6.45, 7) is 7.61. The SMILES string of the molecule is C=C(Cn1ccc([N+](=O)[O-])c1)N(CCNC)CC(C)=O. The summed E-state index contributed by atoms with van der Waals surface area (Å²) in [4.78, 5) is 23.3. The average Bonchev–Trinajstić information content (AvgIpc) is 2.82. The molecule has 0 unspecified atom stereocenters. The molecule has 1 rings (SSSR count). The number of allylic oxidation sites excluding steroid dienone is 1. The molecular weight excluding hydrogens is 260 g/mol. The Balaban J connectivity index is 2.68. The number of nitro groups is 1. The van der Waals surface area contributed by atoms with Crippen molar-refractivity contribution in [1.82, 2.24) is 14.8 Å². The molecule has 0 saturated carbocycles. The van der Waals surface area contributed by atoms with Crippen LogP contribution in [-0.2, 0) is 11.3 Å². The van der Waals surface area contributed by atoms with Crippen LogP contribution in [0.5, 0.6) is 0 Å². The fourth-order valence-electron chi connectivity index (χ4n) is 1.81. The maximum absolute atomic E-state index is 11.3. The normalized spacial score (nSPS) is 10.3. The molecule has 0 radical (unpaired) electrons. The summed E-state index contributed by atoms with van der Waals surface area (Å²) >= 11 is 0. The van der Waals surface area contributed by atoms with Gasteiger partial charge in [0.25, 0.3) is 5.69 Å². The first kappa shape index (κ1) is 15.9. The molecule has 20 heavy (non-hydrogen) atoms. The van der Waals surface area contributed by atoms with Gasteiger partial charge in [-0.05, 0) is 14.0 Å². The van der Waals surface area contributed by atoms with Crippen LogP contribution in [0.2, 0.25) is 0 Å². The smallest absolute Gasteiger partial charge is 0.286 e. The molecule has 0 saturated heterocycles. The molecule has 1 aromatic rings. The minimum atomic E-state index is -0.437. The molecule has 7 nitrogen and oxygen atoms in total. The number of hydrogen-bond donors (Lipinski definition) is 1. The molecule has 0 amide bonds. The van der Waals surface area contributed by atoms with Gasteiger partial charge in [-0.15, -0.1) is 0 Å². The van der Waals surface area contributed by atoms with E-state index in [0.29, 0.717) is 19.6 Å². The van der Waals surface area contributed by atoms with E-state index in [0.717, 1.165) is 12.2 Å². The number of carbonyl (C=O) groups is 1. The summed E-state index contributed by atoms with van der Waals surface area (Å²) in [5.41, 5.74) is 0.798. The van der Waals surface area contributed by atoms with Crippen LogP contribution < -0.4 is 5.32 Å². The number of nitrogens with one attached hydrogen (secondary N) is 1. The van der Waals surface area contributed by atoms with Crippen LogP contribution in [0.4, 0.5) is 5.69 Å². The van der Waals surface area contributed by atoms with Gasteiger partial charge in [0.05, 0.1) is 24.2 Å². The first-order valence-electron chi connectivity index (χ1n) is 6.31. The average molecular weight is 280 g/mol. The summed E-state index contributed by atoms with van der Waals surface area (Å²) in [5, 5.41) is 13.6. The Hall–Kier alpha value is -2.15. The van der Waals surface area contributed by atoms with Crippen LogP contribution in [0, 0.1) is 10.1 Å². The van der Waals surface area contributed by atoms with Crippen molar-refractivity contribution in [1.29, 1.82) is 0 Å². The van der Waals surface area contributed by atoms with E-state index in [1.54, 1.807) is 10.8 Å². The molecule has 0 aromatic carbocycles. The lowest BCUT2D eigenvalue weighted by Crippen LogP contribution is -2.34. The van der Waals surface area contributed by atoms with E-state index in [1.165, 1.54) is 19.2 Å². The van der Waals surface area contributed by atoms with Gasteiger partial charge in [0.1, 0.15) is 5.78 Å². The van der Waals surface area contributed by atoms with Gasteiger partial charge < -0.3 is 14.8 Å². The molecule has 1 N–H and O–H groups in total. The van der Waals surface area contributed by atoms with Crippen molar-refractivity contribution in [3.05, 3.63) is 40.9 Å². The van der Waals surface area contributed by atoms with E-state index in [4.69, 9.17) is 0 Å². The molecule has 0 atom stereocenters. The number of nitrogens with zero attached hydrogens (tertiary/aromatic N) is 3. The summed E-state index contributed by atoms with van der Waals surface area (Å²) < 4.78 is 1.69. The molecule has 0 bridgehead atoms. The van der Waals surface area contributed by atoms with E-state index in [2.05, 4.69) is 11.9 Å². The van der Waals surface area contributed by atoms with Gasteiger partial charge in [0, 0.05) is 31.0 Å². The van der Waals surface area contributed by atoms with E-state index < -0.39 is 4.92 Å². The van der Waals surface area contributed by atoms with Gasteiger partial charge in [-0.2, -0.15) is 0 Å². The molecule has 0 aliphatic heterocycles. The lowest BCUT2D eigenvalue weighted by molar-refractivity contribution is -0.384. The highest BCUT2D eigenvalue weighted by molar-refractivity contribution is 5.77. The van der Waals surface area contributed by atoms with E-state index >= 15 is 0 Å². The second-order valence-electron chi connectivity index (χ2n) is 4.59. The quantitative estimate of drug-likeness (QED) is 0.539. The van der Waals surface area contributed by atoms with Gasteiger partial charge >= 0.3 is 0 Å². The second kappa shape index (κ2) is 7.44. The van der Waals surface area contributed by atoms with E-state index in [9.17, 15) is 14.9 Å². The van der Waals surface area contributed by atoms with Crippen LogP contribution >= 0.6 is 0 Å². The highest BCUT2D eigenvalue weighted by Gasteiger charge is 2.12. The van der Waals surface area contributed by atoms with Crippen LogP contribution in [0.1, 0.15) is 6.92 Å². The Labute approximate surface area is 118 Å². The first-order valence-corrected chi connectivity index (χ1v) is 6.31. The van der Waals surface area contributed by atoms with E-state index in [1.807, 2.05) is 11.9 Å². The van der Waals surface area contributed by atoms with Gasteiger partial charge in [0.15, 0.2) is 0 Å². The monoisotopic (exact) mass is 280 g/mol. The molecule has 0 aliphatic rings. The Bertz CT molecular complexity index is 496. The Morgan fingerprint density at radius 1 is 1.60 bits per heavy atom. The Morgan fingerprint density at radius 3 is 2.80 bits per heavy atom. The maximum Gasteiger partial charge on any atom is 0.286 e. The summed E-state index contributed by atoms with van der Waals surface area (Å²) in [6, 6.07) is 1.44. The van der Waals surface area contributed by atoms with Crippen molar-refractivity contribution in [2.24, 2.45) is 0 Å². The third-order valence-electron chi connectivity index (χ3n) is 2.80. The van der Waals surface area contributed by atoms with Crippen LogP contribution in [0.15, 0.2) is 30.7 Å². The highest BCUT2D eigenvalue weighted by Crippen LogP contribution is 2.13. The molecule has 0 aliphatic carbocycles. The summed E-state index contributed by atoms with van der Waals surface area (Å²) in [6.07, 6.45) is 3.09. The van der Waals surface area contributed by atoms with Crippen molar-refractivity contribution in [2.75, 3.05) is 26.7 Å². The number of Topliss-reactive ketones (excluding diaryl/α,β-unsaturated/α-hetero) is 1. The molecule has 1 heterocycles. The molecule has 7 heteroatoms. The number of carbonyl (C=O) groups excluding carboxylic acids is 1. The molecular formula is C13H20N4O3. The lowest BCUT2D eigenvalue weighted by atomic mass is 10.3. The number of hydrogen-bond acceptors (Lipinski definition) is 5. The van der Waals surface area contributed by atoms with Crippen LogP contribution in [0.3, 0.4) is 0 Å². The van der Waals surface area contributed by atoms with Crippen molar-refractivity contribution in [3.8, 4) is 0 Å². The van der Waals surface area contributed by atoms with Crippen molar-refractivity contribution in [2.45, 2.75) is 13.5 Å². The predicted octanol–water partition coefficient (Wildman–Crippen LogP) is 1.02. The lowest BCUT2D eigenvalue weighted by Gasteiger charge is -2.25. The third kappa shape index (κ3) is 4.85. The minimum Gasteiger partial charge on any atom is -0.365 e. The largest absolute Gasteiger partial charge is 0.365 e. The number of ketones is 1. The topological polar surface area (TPSA) is 80.4 Å². The number of rotatable bonds is 9. The van der Waals surface area contributed by atoms with Gasteiger partial charge in [-0.3, -0.25) is 14.9 Å². The fourth-order valence-corrected chi connectivity index (χ4v) is 1.81. The molecule has 0 fully saturated rings. The number of aromatic nitrogens is 1. The van der Waals surface area contributed by atoms with Crippen molar-refractivity contribution >= 4 is 11.5 Å². The second-order valence-corrected chi connectivity index (χ2v) is 4.59. The highest BCUT2D eigenvalue weighted by atomic mass is 16.6. The standard InChI is InChI=1S/C13H20N4O3/c1-11(16(7-5-14-3)9-12(2)18)8-15-6-4-13(10-15)17(19)20/h4,6,10,14H,1,5,7-9H2,2-3H3. The Kier molecular flexibility index (Phi) is 5.92. The summed E-state index contributed by atoms with van der Waals surface area (Å²) in [7, 11) is 1.84. The van der Waals surface area contributed by atoms with Gasteiger partial charge in [0.2, 0.25) is 0 Å². The van der Waals surface area contributed by atoms with E-state index in [-0.39, 0.29) is 11.5 Å². The zero-order valence-electron chi connectivity index (χ0n) is 11.8.